The highest BCUT2D eigenvalue weighted by Gasteiger charge is 2.16. The molecule has 1 atom stereocenters. The van der Waals surface area contributed by atoms with Crippen LogP contribution in [0.1, 0.15) is 17.2 Å². The first-order valence-corrected chi connectivity index (χ1v) is 7.41. The van der Waals surface area contributed by atoms with E-state index in [1.807, 2.05) is 12.1 Å². The summed E-state index contributed by atoms with van der Waals surface area (Å²) in [5.41, 5.74) is 4.28. The van der Waals surface area contributed by atoms with Crippen LogP contribution in [0.2, 0.25) is 10.0 Å². The number of nitrogens with two attached hydrogens (primary N) is 1. The van der Waals surface area contributed by atoms with Crippen molar-refractivity contribution in [1.29, 1.82) is 0 Å². The van der Waals surface area contributed by atoms with Gasteiger partial charge in [-0.2, -0.15) is 0 Å². The van der Waals surface area contributed by atoms with Gasteiger partial charge in [0.15, 0.2) is 0 Å². The maximum absolute atomic E-state index is 13.3. The quantitative estimate of drug-likeness (QED) is 0.601. The standard InChI is InChI=1S/C14H12BrCl2FN2/c15-12-3-1-9(16)7-11(12)14(20-19)6-8-5-10(18)2-4-13(8)17/h1-5,7,14,20H,6,19H2. The second-order valence-electron chi connectivity index (χ2n) is 4.32. The van der Waals surface area contributed by atoms with Crippen molar-refractivity contribution in [2.24, 2.45) is 5.84 Å². The Morgan fingerprint density at radius 2 is 1.95 bits per heavy atom. The fraction of sp³-hybridized carbons (Fsp3) is 0.143. The predicted octanol–water partition coefficient (Wildman–Crippen LogP) is 4.64. The van der Waals surface area contributed by atoms with Crippen LogP contribution in [0.4, 0.5) is 4.39 Å². The van der Waals surface area contributed by atoms with Gasteiger partial charge in [0.2, 0.25) is 0 Å². The zero-order valence-corrected chi connectivity index (χ0v) is 13.4. The number of nitrogens with one attached hydrogen (secondary N) is 1. The molecule has 0 bridgehead atoms. The van der Waals surface area contributed by atoms with Crippen molar-refractivity contribution < 1.29 is 4.39 Å². The highest BCUT2D eigenvalue weighted by molar-refractivity contribution is 9.10. The SMILES string of the molecule is NNC(Cc1cc(F)ccc1Cl)c1cc(Cl)ccc1Br. The maximum atomic E-state index is 13.3. The van der Waals surface area contributed by atoms with Crippen molar-refractivity contribution in [3.05, 3.63) is 67.9 Å². The van der Waals surface area contributed by atoms with Crippen LogP contribution in [0.3, 0.4) is 0 Å². The lowest BCUT2D eigenvalue weighted by Crippen LogP contribution is -2.30. The molecular weight excluding hydrogens is 366 g/mol. The summed E-state index contributed by atoms with van der Waals surface area (Å²) in [6.07, 6.45) is 0.450. The predicted molar refractivity (Wildman–Crippen MR) is 84.3 cm³/mol. The first-order valence-electron chi connectivity index (χ1n) is 5.86. The molecule has 2 aromatic rings. The summed E-state index contributed by atoms with van der Waals surface area (Å²) in [5, 5.41) is 1.11. The third-order valence-corrected chi connectivity index (χ3v) is 4.29. The molecule has 0 aliphatic carbocycles. The van der Waals surface area contributed by atoms with Crippen LogP contribution in [0.15, 0.2) is 40.9 Å². The minimum absolute atomic E-state index is 0.234. The lowest BCUT2D eigenvalue weighted by Gasteiger charge is -2.19. The first-order chi connectivity index (χ1) is 9.51. The van der Waals surface area contributed by atoms with E-state index in [0.29, 0.717) is 22.0 Å². The second-order valence-corrected chi connectivity index (χ2v) is 6.02. The van der Waals surface area contributed by atoms with Crippen molar-refractivity contribution in [3.63, 3.8) is 0 Å². The molecule has 0 heterocycles. The highest BCUT2D eigenvalue weighted by Crippen LogP contribution is 2.30. The van der Waals surface area contributed by atoms with Crippen LogP contribution in [0.25, 0.3) is 0 Å². The van der Waals surface area contributed by atoms with Crippen molar-refractivity contribution in [2.75, 3.05) is 0 Å². The van der Waals surface area contributed by atoms with E-state index < -0.39 is 0 Å². The Kier molecular flexibility index (Phi) is 5.41. The molecular formula is C14H12BrCl2FN2. The Balaban J connectivity index is 2.33. The van der Waals surface area contributed by atoms with Gasteiger partial charge in [0.1, 0.15) is 5.82 Å². The van der Waals surface area contributed by atoms with Gasteiger partial charge in [-0.3, -0.25) is 11.3 Å². The molecule has 0 saturated carbocycles. The number of halogens is 4. The van der Waals surface area contributed by atoms with E-state index in [1.165, 1.54) is 18.2 Å². The van der Waals surface area contributed by atoms with Gasteiger partial charge in [-0.1, -0.05) is 39.1 Å². The van der Waals surface area contributed by atoms with Crippen molar-refractivity contribution >= 4 is 39.1 Å². The molecule has 0 spiro atoms. The molecule has 0 radical (unpaired) electrons. The molecule has 106 valence electrons. The highest BCUT2D eigenvalue weighted by atomic mass is 79.9. The third kappa shape index (κ3) is 3.71. The van der Waals surface area contributed by atoms with Crippen LogP contribution in [-0.2, 0) is 6.42 Å². The molecule has 2 nitrogen and oxygen atoms in total. The number of hydrogen-bond acceptors (Lipinski definition) is 2. The van der Waals surface area contributed by atoms with Gasteiger partial charge in [-0.15, -0.1) is 0 Å². The monoisotopic (exact) mass is 376 g/mol. The van der Waals surface area contributed by atoms with Crippen molar-refractivity contribution in [1.82, 2.24) is 5.43 Å². The summed E-state index contributed by atoms with van der Waals surface area (Å²) in [6, 6.07) is 9.46. The summed E-state index contributed by atoms with van der Waals surface area (Å²) in [6.45, 7) is 0. The van der Waals surface area contributed by atoms with E-state index in [-0.39, 0.29) is 11.9 Å². The Hall–Kier alpha value is -0.650. The topological polar surface area (TPSA) is 38.0 Å². The molecule has 3 N–H and O–H groups in total. The van der Waals surface area contributed by atoms with Crippen molar-refractivity contribution in [2.45, 2.75) is 12.5 Å². The summed E-state index contributed by atoms with van der Waals surface area (Å²) >= 11 is 15.5. The van der Waals surface area contributed by atoms with E-state index in [9.17, 15) is 4.39 Å². The number of hydrogen-bond donors (Lipinski definition) is 2. The Bertz CT molecular complexity index is 622. The fourth-order valence-electron chi connectivity index (χ4n) is 1.96. The molecule has 0 fully saturated rings. The minimum Gasteiger partial charge on any atom is -0.271 e. The molecule has 2 rings (SSSR count). The summed E-state index contributed by atoms with van der Waals surface area (Å²) in [5.74, 6) is 5.28. The molecule has 0 aromatic heterocycles. The van der Waals surface area contributed by atoms with E-state index in [4.69, 9.17) is 29.0 Å². The lowest BCUT2D eigenvalue weighted by atomic mass is 9.99. The minimum atomic E-state index is -0.328. The number of rotatable bonds is 4. The Morgan fingerprint density at radius 3 is 2.65 bits per heavy atom. The average Bonchev–Trinajstić information content (AvgIpc) is 2.42. The molecule has 0 amide bonds. The molecule has 0 aliphatic heterocycles. The molecule has 2 aromatic carbocycles. The largest absolute Gasteiger partial charge is 0.271 e. The number of benzene rings is 2. The van der Waals surface area contributed by atoms with Gasteiger partial charge in [0.25, 0.3) is 0 Å². The molecule has 0 saturated heterocycles. The van der Waals surface area contributed by atoms with Gasteiger partial charge in [0, 0.05) is 14.5 Å². The van der Waals surface area contributed by atoms with Crippen LogP contribution in [0.5, 0.6) is 0 Å². The van der Waals surface area contributed by atoms with E-state index in [0.717, 1.165) is 10.0 Å². The smallest absolute Gasteiger partial charge is 0.123 e. The second kappa shape index (κ2) is 6.87. The first kappa shape index (κ1) is 15.7. The van der Waals surface area contributed by atoms with E-state index in [2.05, 4.69) is 21.4 Å². The third-order valence-electron chi connectivity index (χ3n) is 2.97. The summed E-state index contributed by atoms with van der Waals surface area (Å²) < 4.78 is 14.2. The normalized spacial score (nSPS) is 12.4. The maximum Gasteiger partial charge on any atom is 0.123 e. The van der Waals surface area contributed by atoms with Gasteiger partial charge < -0.3 is 0 Å². The van der Waals surface area contributed by atoms with Crippen LogP contribution in [-0.4, -0.2) is 0 Å². The molecule has 6 heteroatoms. The summed E-state index contributed by atoms with van der Waals surface area (Å²) in [7, 11) is 0. The lowest BCUT2D eigenvalue weighted by molar-refractivity contribution is 0.547. The zero-order valence-electron chi connectivity index (χ0n) is 10.3. The zero-order chi connectivity index (χ0) is 14.7. The fourth-order valence-corrected chi connectivity index (χ4v) is 2.86. The number of hydrazine groups is 1. The van der Waals surface area contributed by atoms with Crippen LogP contribution < -0.4 is 11.3 Å². The summed E-state index contributed by atoms with van der Waals surface area (Å²) in [4.78, 5) is 0. The van der Waals surface area contributed by atoms with Gasteiger partial charge in [-0.05, 0) is 53.9 Å². The van der Waals surface area contributed by atoms with Gasteiger partial charge in [0.05, 0.1) is 6.04 Å². The van der Waals surface area contributed by atoms with E-state index >= 15 is 0 Å². The average molecular weight is 378 g/mol. The van der Waals surface area contributed by atoms with Crippen LogP contribution in [0, 0.1) is 5.82 Å². The van der Waals surface area contributed by atoms with Gasteiger partial charge >= 0.3 is 0 Å². The van der Waals surface area contributed by atoms with Crippen molar-refractivity contribution in [3.8, 4) is 0 Å². The van der Waals surface area contributed by atoms with E-state index in [1.54, 1.807) is 6.07 Å². The molecule has 0 aliphatic rings. The molecule has 20 heavy (non-hydrogen) atoms. The van der Waals surface area contributed by atoms with Crippen LogP contribution >= 0.6 is 39.1 Å². The Morgan fingerprint density at radius 1 is 1.20 bits per heavy atom. The van der Waals surface area contributed by atoms with Gasteiger partial charge in [-0.25, -0.2) is 4.39 Å². The Labute approximate surface area is 135 Å². The molecule has 1 unspecified atom stereocenters.